The number of hydrogen-bond acceptors (Lipinski definition) is 5. The van der Waals surface area contributed by atoms with Gasteiger partial charge in [0.05, 0.1) is 16.8 Å². The van der Waals surface area contributed by atoms with Gasteiger partial charge in [-0.15, -0.1) is 21.5 Å². The molecule has 0 saturated carbocycles. The molecular formula is C15H12FN5S. The number of benzene rings is 1. The molecule has 0 fully saturated rings. The number of rotatable bonds is 3. The number of nitrogens with zero attached hydrogens (tertiary/aromatic N) is 4. The molecule has 2 heterocycles. The maximum absolute atomic E-state index is 14.4. The first-order valence-electron chi connectivity index (χ1n) is 6.76. The van der Waals surface area contributed by atoms with Gasteiger partial charge in [0.15, 0.2) is 5.01 Å². The maximum Gasteiger partial charge on any atom is 0.207 e. The second kappa shape index (κ2) is 6.45. The third-order valence-corrected chi connectivity index (χ3v) is 3.75. The van der Waals surface area contributed by atoms with Gasteiger partial charge in [-0.05, 0) is 29.7 Å². The Morgan fingerprint density at radius 3 is 3.00 bits per heavy atom. The van der Waals surface area contributed by atoms with Gasteiger partial charge in [0.2, 0.25) is 5.82 Å². The molecule has 1 N–H and O–H groups in total. The summed E-state index contributed by atoms with van der Waals surface area (Å²) in [6.45, 7) is 2.10. The first-order chi connectivity index (χ1) is 10.8. The average molecular weight is 313 g/mol. The summed E-state index contributed by atoms with van der Waals surface area (Å²) in [4.78, 5) is 4.40. The van der Waals surface area contributed by atoms with Crippen LogP contribution in [0.15, 0.2) is 23.6 Å². The van der Waals surface area contributed by atoms with Crippen molar-refractivity contribution in [2.75, 3.05) is 0 Å². The Kier molecular flexibility index (Phi) is 4.21. The zero-order valence-corrected chi connectivity index (χ0v) is 12.6. The predicted molar refractivity (Wildman–Crippen MR) is 81.7 cm³/mol. The van der Waals surface area contributed by atoms with E-state index in [-0.39, 0.29) is 17.0 Å². The number of thiazole rings is 1. The monoisotopic (exact) mass is 313 g/mol. The molecule has 22 heavy (non-hydrogen) atoms. The fourth-order valence-corrected chi connectivity index (χ4v) is 2.63. The summed E-state index contributed by atoms with van der Waals surface area (Å²) >= 11 is 1.47. The molecule has 0 amide bonds. The zero-order chi connectivity index (χ0) is 15.4. The molecular weight excluding hydrogens is 301 g/mol. The van der Waals surface area contributed by atoms with Crippen LogP contribution in [0.1, 0.15) is 29.6 Å². The quantitative estimate of drug-likeness (QED) is 0.755. The molecule has 110 valence electrons. The minimum absolute atomic E-state index is 0.209. The third-order valence-electron chi connectivity index (χ3n) is 2.95. The summed E-state index contributed by atoms with van der Waals surface area (Å²) in [5.41, 5.74) is 1.58. The number of aromatic nitrogens is 5. The van der Waals surface area contributed by atoms with Crippen molar-refractivity contribution in [2.45, 2.75) is 19.8 Å². The summed E-state index contributed by atoms with van der Waals surface area (Å²) in [7, 11) is 0. The van der Waals surface area contributed by atoms with Gasteiger partial charge in [-0.2, -0.15) is 5.21 Å². The van der Waals surface area contributed by atoms with Crippen molar-refractivity contribution >= 4 is 11.3 Å². The molecule has 0 radical (unpaired) electrons. The van der Waals surface area contributed by atoms with E-state index in [1.54, 1.807) is 18.2 Å². The van der Waals surface area contributed by atoms with E-state index in [0.29, 0.717) is 5.01 Å². The Labute approximate surface area is 130 Å². The van der Waals surface area contributed by atoms with E-state index >= 15 is 0 Å². The van der Waals surface area contributed by atoms with Crippen LogP contribution >= 0.6 is 11.3 Å². The summed E-state index contributed by atoms with van der Waals surface area (Å²) < 4.78 is 14.4. The lowest BCUT2D eigenvalue weighted by molar-refractivity contribution is 0.626. The minimum Gasteiger partial charge on any atom is -0.233 e. The summed E-state index contributed by atoms with van der Waals surface area (Å²) in [5.74, 6) is 5.48. The molecule has 1 aromatic carbocycles. The number of H-pyrrole nitrogens is 1. The molecule has 0 aliphatic heterocycles. The van der Waals surface area contributed by atoms with E-state index in [1.165, 1.54) is 11.3 Å². The van der Waals surface area contributed by atoms with Crippen LogP contribution in [-0.2, 0) is 6.42 Å². The zero-order valence-electron chi connectivity index (χ0n) is 11.8. The van der Waals surface area contributed by atoms with E-state index in [2.05, 4.69) is 44.4 Å². The smallest absolute Gasteiger partial charge is 0.207 e. The highest BCUT2D eigenvalue weighted by atomic mass is 32.1. The Morgan fingerprint density at radius 1 is 1.32 bits per heavy atom. The number of aromatic amines is 1. The summed E-state index contributed by atoms with van der Waals surface area (Å²) in [6, 6.07) is 4.92. The van der Waals surface area contributed by atoms with E-state index in [9.17, 15) is 4.39 Å². The van der Waals surface area contributed by atoms with Crippen molar-refractivity contribution < 1.29 is 4.39 Å². The van der Waals surface area contributed by atoms with Crippen LogP contribution in [0.25, 0.3) is 11.4 Å². The molecule has 0 aliphatic rings. The van der Waals surface area contributed by atoms with Crippen molar-refractivity contribution in [1.29, 1.82) is 0 Å². The van der Waals surface area contributed by atoms with Gasteiger partial charge in [-0.25, -0.2) is 9.37 Å². The van der Waals surface area contributed by atoms with Gasteiger partial charge < -0.3 is 0 Å². The maximum atomic E-state index is 14.4. The molecule has 0 saturated heterocycles. The Balaban J connectivity index is 1.90. The van der Waals surface area contributed by atoms with Crippen LogP contribution < -0.4 is 0 Å². The van der Waals surface area contributed by atoms with Gasteiger partial charge in [0.25, 0.3) is 0 Å². The van der Waals surface area contributed by atoms with Crippen LogP contribution in [0.2, 0.25) is 0 Å². The number of tetrazole rings is 1. The van der Waals surface area contributed by atoms with Gasteiger partial charge >= 0.3 is 0 Å². The first-order valence-corrected chi connectivity index (χ1v) is 7.64. The SMILES string of the molecule is CCCc1csc(C#Cc2cccc(-c3nn[nH]n3)c2F)n1. The van der Waals surface area contributed by atoms with E-state index in [0.717, 1.165) is 18.5 Å². The molecule has 3 rings (SSSR count). The van der Waals surface area contributed by atoms with Crippen LogP contribution in [-0.4, -0.2) is 25.6 Å². The highest BCUT2D eigenvalue weighted by Crippen LogP contribution is 2.20. The topological polar surface area (TPSA) is 67.3 Å². The fraction of sp³-hybridized carbons (Fsp3) is 0.200. The summed E-state index contributed by atoms with van der Waals surface area (Å²) in [5, 5.41) is 16.0. The molecule has 0 unspecified atom stereocenters. The molecule has 0 spiro atoms. The average Bonchev–Trinajstić information content (AvgIpc) is 3.18. The standard InChI is InChI=1S/C15H12FN5S/c1-2-4-11-9-22-13(17-11)8-7-10-5-3-6-12(14(10)16)15-18-20-21-19-15/h3,5-6,9H,2,4H2,1H3,(H,18,19,20,21). The number of nitrogens with one attached hydrogen (secondary N) is 1. The Hall–Kier alpha value is -2.59. The van der Waals surface area contributed by atoms with Crippen LogP contribution in [0, 0.1) is 17.7 Å². The van der Waals surface area contributed by atoms with Gasteiger partial charge in [-0.1, -0.05) is 25.3 Å². The van der Waals surface area contributed by atoms with E-state index in [1.807, 2.05) is 5.38 Å². The molecule has 0 aliphatic carbocycles. The van der Waals surface area contributed by atoms with Gasteiger partial charge in [0.1, 0.15) is 5.82 Å². The number of halogens is 1. The molecule has 0 atom stereocenters. The predicted octanol–water partition coefficient (Wildman–Crippen LogP) is 2.81. The van der Waals surface area contributed by atoms with Crippen molar-refractivity contribution in [3.63, 3.8) is 0 Å². The normalized spacial score (nSPS) is 10.3. The summed E-state index contributed by atoms with van der Waals surface area (Å²) in [6.07, 6.45) is 1.97. The van der Waals surface area contributed by atoms with Crippen LogP contribution in [0.3, 0.4) is 0 Å². The fourth-order valence-electron chi connectivity index (χ4n) is 1.93. The van der Waals surface area contributed by atoms with Crippen molar-refractivity contribution in [3.8, 4) is 23.2 Å². The highest BCUT2D eigenvalue weighted by molar-refractivity contribution is 7.10. The van der Waals surface area contributed by atoms with Crippen molar-refractivity contribution in [1.82, 2.24) is 25.6 Å². The highest BCUT2D eigenvalue weighted by Gasteiger charge is 2.12. The molecule has 0 bridgehead atoms. The van der Waals surface area contributed by atoms with Gasteiger partial charge in [0, 0.05) is 5.38 Å². The van der Waals surface area contributed by atoms with Crippen molar-refractivity contribution in [3.05, 3.63) is 45.7 Å². The molecule has 7 heteroatoms. The number of hydrogen-bond donors (Lipinski definition) is 1. The molecule has 3 aromatic rings. The van der Waals surface area contributed by atoms with Crippen LogP contribution in [0.4, 0.5) is 4.39 Å². The lowest BCUT2D eigenvalue weighted by atomic mass is 10.1. The molecule has 5 nitrogen and oxygen atoms in total. The minimum atomic E-state index is -0.457. The molecule has 2 aromatic heterocycles. The van der Waals surface area contributed by atoms with E-state index in [4.69, 9.17) is 0 Å². The largest absolute Gasteiger partial charge is 0.233 e. The Morgan fingerprint density at radius 2 is 2.23 bits per heavy atom. The lowest BCUT2D eigenvalue weighted by Crippen LogP contribution is -1.91. The van der Waals surface area contributed by atoms with Gasteiger partial charge in [-0.3, -0.25) is 0 Å². The third kappa shape index (κ3) is 3.02. The second-order valence-corrected chi connectivity index (χ2v) is 5.40. The first kappa shape index (κ1) is 14.4. The lowest BCUT2D eigenvalue weighted by Gasteiger charge is -1.99. The Bertz CT molecular complexity index is 829. The second-order valence-electron chi connectivity index (χ2n) is 4.55. The van der Waals surface area contributed by atoms with E-state index < -0.39 is 5.82 Å². The van der Waals surface area contributed by atoms with Crippen LogP contribution in [0.5, 0.6) is 0 Å². The van der Waals surface area contributed by atoms with Crippen molar-refractivity contribution in [2.24, 2.45) is 0 Å². The number of aryl methyl sites for hydroxylation is 1.